The second kappa shape index (κ2) is 8.65. The van der Waals surface area contributed by atoms with Crippen molar-refractivity contribution in [2.45, 2.75) is 31.8 Å². The van der Waals surface area contributed by atoms with Gasteiger partial charge >= 0.3 is 5.69 Å². The summed E-state index contributed by atoms with van der Waals surface area (Å²) >= 11 is 1.42. The van der Waals surface area contributed by atoms with E-state index in [4.69, 9.17) is 9.47 Å². The minimum absolute atomic E-state index is 0.0889. The number of rotatable bonds is 8. The highest BCUT2D eigenvalue weighted by Gasteiger charge is 2.21. The number of nitro groups is 1. The Bertz CT molecular complexity index is 819. The number of aromatic nitrogens is 3. The first kappa shape index (κ1) is 19.7. The molecule has 0 unspecified atom stereocenters. The van der Waals surface area contributed by atoms with Crippen LogP contribution in [0.1, 0.15) is 38.1 Å². The summed E-state index contributed by atoms with van der Waals surface area (Å²) in [7, 11) is 1.37. The van der Waals surface area contributed by atoms with Crippen molar-refractivity contribution < 1.29 is 14.4 Å². The lowest BCUT2D eigenvalue weighted by atomic mass is 10.2. The fourth-order valence-electron chi connectivity index (χ4n) is 2.28. The average molecular weight is 379 g/mol. The smallest absolute Gasteiger partial charge is 0.315 e. The van der Waals surface area contributed by atoms with Crippen molar-refractivity contribution in [1.82, 2.24) is 14.9 Å². The molecule has 0 fully saturated rings. The third kappa shape index (κ3) is 4.13. The second-order valence-electron chi connectivity index (χ2n) is 5.52. The highest BCUT2D eigenvalue weighted by Crippen LogP contribution is 2.37. The molecule has 0 atom stereocenters. The first-order valence-electron chi connectivity index (χ1n) is 7.95. The van der Waals surface area contributed by atoms with Crippen molar-refractivity contribution in [2.75, 3.05) is 20.0 Å². The molecule has 0 amide bonds. The number of nitro benzene ring substituents is 1. The van der Waals surface area contributed by atoms with E-state index in [1.165, 1.54) is 31.2 Å². The molecule has 2 aromatic rings. The number of hydrogen-bond acceptors (Lipinski definition) is 8. The van der Waals surface area contributed by atoms with Gasteiger partial charge in [-0.05, 0) is 19.2 Å². The maximum Gasteiger partial charge on any atom is 0.315 e. The Morgan fingerprint density at radius 1 is 1.42 bits per heavy atom. The zero-order valence-corrected chi connectivity index (χ0v) is 16.1. The fraction of sp³-hybridized carbons (Fsp3) is 0.438. The van der Waals surface area contributed by atoms with Crippen LogP contribution in [0.5, 0.6) is 11.5 Å². The highest BCUT2D eigenvalue weighted by atomic mass is 32.2. The standard InChI is InChI=1S/C16H21N5O4S/c1-6-25-13-8-11(7-12(21(22)23)14(13)24-4)9-17-20-15(10(2)3)18-19-16(20)26-5/h7-10H,6H2,1-5H3/b17-9-. The molecule has 1 aromatic carbocycles. The van der Waals surface area contributed by atoms with E-state index in [2.05, 4.69) is 15.3 Å². The molecule has 0 saturated carbocycles. The van der Waals surface area contributed by atoms with Crippen molar-refractivity contribution in [2.24, 2.45) is 5.10 Å². The molecule has 0 spiro atoms. The molecule has 0 aliphatic carbocycles. The van der Waals surface area contributed by atoms with Gasteiger partial charge in [0, 0.05) is 17.5 Å². The summed E-state index contributed by atoms with van der Waals surface area (Å²) in [6, 6.07) is 3.04. The molecular weight excluding hydrogens is 358 g/mol. The molecule has 1 heterocycles. The molecule has 10 heteroatoms. The van der Waals surface area contributed by atoms with E-state index in [-0.39, 0.29) is 17.4 Å². The third-order valence-corrected chi connectivity index (χ3v) is 4.04. The first-order valence-corrected chi connectivity index (χ1v) is 9.18. The number of methoxy groups -OCH3 is 1. The summed E-state index contributed by atoms with van der Waals surface area (Å²) in [5.74, 6) is 1.22. The lowest BCUT2D eigenvalue weighted by Gasteiger charge is -2.10. The van der Waals surface area contributed by atoms with Crippen LogP contribution in [0.25, 0.3) is 0 Å². The first-order chi connectivity index (χ1) is 12.4. The number of thioether (sulfide) groups is 1. The molecule has 26 heavy (non-hydrogen) atoms. The molecule has 0 aliphatic heterocycles. The molecular formula is C16H21N5O4S. The molecule has 0 radical (unpaired) electrons. The molecule has 1 aromatic heterocycles. The van der Waals surface area contributed by atoms with Gasteiger partial charge in [-0.3, -0.25) is 10.1 Å². The summed E-state index contributed by atoms with van der Waals surface area (Å²) in [5, 5.41) is 24.7. The average Bonchev–Trinajstić information content (AvgIpc) is 3.02. The topological polar surface area (TPSA) is 105 Å². The van der Waals surface area contributed by atoms with Crippen LogP contribution in [0.4, 0.5) is 5.69 Å². The highest BCUT2D eigenvalue weighted by molar-refractivity contribution is 7.98. The third-order valence-electron chi connectivity index (χ3n) is 3.42. The SMILES string of the molecule is CCOc1cc(/C=N\n2c(SC)nnc2C(C)C)cc([N+](=O)[O-])c1OC. The predicted molar refractivity (Wildman–Crippen MR) is 99.7 cm³/mol. The monoisotopic (exact) mass is 379 g/mol. The molecule has 2 rings (SSSR count). The Morgan fingerprint density at radius 2 is 2.15 bits per heavy atom. The van der Waals surface area contributed by atoms with Crippen LogP contribution in [0.15, 0.2) is 22.4 Å². The fourth-order valence-corrected chi connectivity index (χ4v) is 2.72. The summed E-state index contributed by atoms with van der Waals surface area (Å²) in [5.41, 5.74) is 0.328. The van der Waals surface area contributed by atoms with E-state index in [0.29, 0.717) is 28.9 Å². The van der Waals surface area contributed by atoms with Gasteiger partial charge in [-0.25, -0.2) is 0 Å². The van der Waals surface area contributed by atoms with Crippen LogP contribution < -0.4 is 9.47 Å². The van der Waals surface area contributed by atoms with Crippen LogP contribution in [0.3, 0.4) is 0 Å². The van der Waals surface area contributed by atoms with Crippen LogP contribution in [-0.2, 0) is 0 Å². The van der Waals surface area contributed by atoms with Crippen LogP contribution >= 0.6 is 11.8 Å². The largest absolute Gasteiger partial charge is 0.490 e. The van der Waals surface area contributed by atoms with Gasteiger partial charge in [-0.1, -0.05) is 25.6 Å². The summed E-state index contributed by atoms with van der Waals surface area (Å²) < 4.78 is 12.3. The van der Waals surface area contributed by atoms with Gasteiger partial charge in [0.2, 0.25) is 10.9 Å². The zero-order chi connectivity index (χ0) is 19.3. The van der Waals surface area contributed by atoms with E-state index < -0.39 is 4.92 Å². The van der Waals surface area contributed by atoms with Crippen LogP contribution in [-0.4, -0.2) is 46.0 Å². The molecule has 0 N–H and O–H groups in total. The number of ether oxygens (including phenoxy) is 2. The molecule has 0 aliphatic rings. The zero-order valence-electron chi connectivity index (χ0n) is 15.3. The Morgan fingerprint density at radius 3 is 2.69 bits per heavy atom. The van der Waals surface area contributed by atoms with Gasteiger partial charge < -0.3 is 9.47 Å². The summed E-state index contributed by atoms with van der Waals surface area (Å²) in [6.07, 6.45) is 3.40. The van der Waals surface area contributed by atoms with E-state index >= 15 is 0 Å². The second-order valence-corrected chi connectivity index (χ2v) is 6.29. The van der Waals surface area contributed by atoms with Crippen molar-refractivity contribution >= 4 is 23.7 Å². The number of hydrogen-bond donors (Lipinski definition) is 0. The normalized spacial score (nSPS) is 11.3. The Labute approximate surface area is 155 Å². The van der Waals surface area contributed by atoms with Crippen molar-refractivity contribution in [3.05, 3.63) is 33.6 Å². The molecule has 0 saturated heterocycles. The van der Waals surface area contributed by atoms with E-state index in [0.717, 1.165) is 0 Å². The summed E-state index contributed by atoms with van der Waals surface area (Å²) in [6.45, 7) is 6.13. The van der Waals surface area contributed by atoms with Gasteiger partial charge in [0.05, 0.1) is 24.9 Å². The van der Waals surface area contributed by atoms with Gasteiger partial charge in [-0.15, -0.1) is 10.2 Å². The van der Waals surface area contributed by atoms with Gasteiger partial charge in [0.15, 0.2) is 11.6 Å². The van der Waals surface area contributed by atoms with Crippen molar-refractivity contribution in [1.29, 1.82) is 0 Å². The molecule has 140 valence electrons. The maximum absolute atomic E-state index is 11.4. The van der Waals surface area contributed by atoms with Gasteiger partial charge in [-0.2, -0.15) is 9.78 Å². The van der Waals surface area contributed by atoms with E-state index in [9.17, 15) is 10.1 Å². The van der Waals surface area contributed by atoms with Gasteiger partial charge in [0.25, 0.3) is 0 Å². The van der Waals surface area contributed by atoms with Crippen molar-refractivity contribution in [3.63, 3.8) is 0 Å². The molecule has 9 nitrogen and oxygen atoms in total. The van der Waals surface area contributed by atoms with Gasteiger partial charge in [0.1, 0.15) is 0 Å². The number of benzene rings is 1. The Kier molecular flexibility index (Phi) is 6.56. The van der Waals surface area contributed by atoms with Crippen LogP contribution in [0, 0.1) is 10.1 Å². The lowest BCUT2D eigenvalue weighted by molar-refractivity contribution is -0.385. The lowest BCUT2D eigenvalue weighted by Crippen LogP contribution is -2.03. The van der Waals surface area contributed by atoms with Crippen molar-refractivity contribution in [3.8, 4) is 11.5 Å². The van der Waals surface area contributed by atoms with E-state index in [1.54, 1.807) is 17.7 Å². The minimum Gasteiger partial charge on any atom is -0.490 e. The summed E-state index contributed by atoms with van der Waals surface area (Å²) in [4.78, 5) is 10.9. The number of nitrogens with zero attached hydrogens (tertiary/aromatic N) is 5. The minimum atomic E-state index is -0.510. The quantitative estimate of drug-likeness (QED) is 0.300. The Hall–Kier alpha value is -2.62. The maximum atomic E-state index is 11.4. The predicted octanol–water partition coefficient (Wildman–Crippen LogP) is 3.32. The Balaban J connectivity index is 2.51. The molecule has 0 bridgehead atoms. The van der Waals surface area contributed by atoms with Crippen LogP contribution in [0.2, 0.25) is 0 Å². The van der Waals surface area contributed by atoms with E-state index in [1.807, 2.05) is 20.1 Å².